The summed E-state index contributed by atoms with van der Waals surface area (Å²) in [6.45, 7) is 6.16. The lowest BCUT2D eigenvalue weighted by Crippen LogP contribution is -2.45. The van der Waals surface area contributed by atoms with Crippen molar-refractivity contribution in [1.29, 1.82) is 10.9 Å². The lowest BCUT2D eigenvalue weighted by molar-refractivity contribution is 0.00503. The van der Waals surface area contributed by atoms with E-state index in [-0.39, 0.29) is 18.7 Å². The molecule has 49 heavy (non-hydrogen) atoms. The predicted molar refractivity (Wildman–Crippen MR) is 185 cm³/mol. The summed E-state index contributed by atoms with van der Waals surface area (Å²) < 4.78 is 21.6. The number of anilines is 2. The Morgan fingerprint density at radius 1 is 1.10 bits per heavy atom. The molecule has 3 N–H and O–H groups in total. The van der Waals surface area contributed by atoms with Crippen LogP contribution in [-0.2, 0) is 18.2 Å². The maximum Gasteiger partial charge on any atom is 0.256 e. The Labute approximate surface area is 290 Å². The third-order valence-electron chi connectivity index (χ3n) is 8.88. The second kappa shape index (κ2) is 16.2. The molecule has 0 bridgehead atoms. The normalized spacial score (nSPS) is 18.8. The molecular weight excluding hydrogens is 648 g/mol. The van der Waals surface area contributed by atoms with E-state index in [9.17, 15) is 0 Å². The lowest BCUT2D eigenvalue weighted by atomic mass is 9.90. The second-order valence-corrected chi connectivity index (χ2v) is 12.8. The highest BCUT2D eigenvalue weighted by Crippen LogP contribution is 2.35. The van der Waals surface area contributed by atoms with Crippen molar-refractivity contribution in [1.82, 2.24) is 39.4 Å². The fourth-order valence-corrected chi connectivity index (χ4v) is 6.47. The zero-order valence-electron chi connectivity index (χ0n) is 27.8. The highest BCUT2D eigenvalue weighted by molar-refractivity contribution is 6.32. The van der Waals surface area contributed by atoms with Crippen LogP contribution in [0.2, 0.25) is 5.02 Å². The van der Waals surface area contributed by atoms with Gasteiger partial charge in [-0.1, -0.05) is 22.9 Å². The highest BCUT2D eigenvalue weighted by Gasteiger charge is 2.29. The Bertz CT molecular complexity index is 1670. The van der Waals surface area contributed by atoms with Crippen molar-refractivity contribution in [2.24, 2.45) is 12.3 Å². The number of aromatic nitrogens is 6. The summed E-state index contributed by atoms with van der Waals surface area (Å²) in [7, 11) is 1.90. The zero-order valence-corrected chi connectivity index (χ0v) is 28.6. The second-order valence-electron chi connectivity index (χ2n) is 12.4. The van der Waals surface area contributed by atoms with Crippen LogP contribution in [-0.4, -0.2) is 97.4 Å². The first-order valence-corrected chi connectivity index (χ1v) is 17.0. The van der Waals surface area contributed by atoms with E-state index in [1.807, 2.05) is 49.2 Å². The number of nitrogens with one attached hydrogen (secondary N) is 3. The first kappa shape index (κ1) is 34.3. The summed E-state index contributed by atoms with van der Waals surface area (Å²) in [6.07, 6.45) is 13.0. The summed E-state index contributed by atoms with van der Waals surface area (Å²) in [5.74, 6) is 1.40. The zero-order chi connectivity index (χ0) is 34.2. The van der Waals surface area contributed by atoms with Gasteiger partial charge in [0.05, 0.1) is 49.3 Å². The van der Waals surface area contributed by atoms with Crippen molar-refractivity contribution in [3.05, 3.63) is 59.8 Å². The Morgan fingerprint density at radius 3 is 2.55 bits per heavy atom. The smallest absolute Gasteiger partial charge is 0.256 e. The molecule has 1 atom stereocenters. The third-order valence-corrected chi connectivity index (χ3v) is 9.19. The highest BCUT2D eigenvalue weighted by atomic mass is 35.5. The monoisotopic (exact) mass is 690 g/mol. The topological polar surface area (TPSA) is 168 Å². The summed E-state index contributed by atoms with van der Waals surface area (Å²) in [5.41, 5.74) is 10.4. The van der Waals surface area contributed by atoms with E-state index >= 15 is 0 Å². The molecule has 1 aliphatic carbocycles. The van der Waals surface area contributed by atoms with Crippen molar-refractivity contribution in [2.45, 2.75) is 57.2 Å². The van der Waals surface area contributed by atoms with Crippen LogP contribution in [0.4, 0.5) is 11.6 Å². The van der Waals surface area contributed by atoms with E-state index in [1.165, 1.54) is 5.01 Å². The van der Waals surface area contributed by atoms with Crippen molar-refractivity contribution in [3.63, 3.8) is 0 Å². The predicted octanol–water partition coefficient (Wildman–Crippen LogP) is 5.53. The SMILES string of the molecule is C[C@@H](CN(C=N)N=N)Oc1cc(-c2cnc(Nc3cn([C@H]4CC[C@H](N5CCOCC5)CC4)nc3OCCc3ccn(C)n3)nc2)ccc1Cl. The minimum atomic E-state index is -0.368. The summed E-state index contributed by atoms with van der Waals surface area (Å²) in [4.78, 5) is 11.8. The van der Waals surface area contributed by atoms with E-state index in [4.69, 9.17) is 41.9 Å². The molecule has 1 saturated heterocycles. The van der Waals surface area contributed by atoms with Gasteiger partial charge in [0.25, 0.3) is 5.88 Å². The minimum Gasteiger partial charge on any atom is -0.487 e. The van der Waals surface area contributed by atoms with Crippen LogP contribution >= 0.6 is 11.6 Å². The molecule has 260 valence electrons. The molecule has 6 rings (SSSR count). The molecule has 0 amide bonds. The molecule has 16 heteroatoms. The number of morpholine rings is 1. The van der Waals surface area contributed by atoms with Crippen LogP contribution < -0.4 is 14.8 Å². The molecule has 1 saturated carbocycles. The maximum absolute atomic E-state index is 7.34. The molecule has 4 aromatic rings. The summed E-state index contributed by atoms with van der Waals surface area (Å²) in [5, 5.41) is 24.9. The van der Waals surface area contributed by atoms with E-state index in [0.29, 0.717) is 47.4 Å². The van der Waals surface area contributed by atoms with Gasteiger partial charge in [-0.25, -0.2) is 15.0 Å². The number of nitrogens with zero attached hydrogens (tertiary/aromatic N) is 9. The van der Waals surface area contributed by atoms with Gasteiger partial charge in [0, 0.05) is 56.8 Å². The average Bonchev–Trinajstić information content (AvgIpc) is 3.74. The van der Waals surface area contributed by atoms with Gasteiger partial charge in [-0.3, -0.25) is 19.7 Å². The van der Waals surface area contributed by atoms with Crippen LogP contribution in [0.15, 0.2) is 54.3 Å². The average molecular weight is 691 g/mol. The maximum atomic E-state index is 7.34. The van der Waals surface area contributed by atoms with Crippen molar-refractivity contribution in [2.75, 3.05) is 44.8 Å². The first-order chi connectivity index (χ1) is 23.9. The van der Waals surface area contributed by atoms with Gasteiger partial charge in [-0.15, -0.1) is 5.10 Å². The molecular formula is C33H43ClN12O3. The number of halogens is 1. The van der Waals surface area contributed by atoms with Crippen molar-refractivity contribution in [3.8, 4) is 22.8 Å². The van der Waals surface area contributed by atoms with Crippen molar-refractivity contribution < 1.29 is 14.2 Å². The Kier molecular flexibility index (Phi) is 11.3. The molecule has 4 heterocycles. The van der Waals surface area contributed by atoms with E-state index in [1.54, 1.807) is 23.1 Å². The largest absolute Gasteiger partial charge is 0.487 e. The molecule has 3 aromatic heterocycles. The lowest BCUT2D eigenvalue weighted by Gasteiger charge is -2.38. The Hall–Kier alpha value is -4.60. The van der Waals surface area contributed by atoms with Crippen LogP contribution in [0, 0.1) is 10.9 Å². The standard InChI is InChI=1S/C33H43ClN12O3/c1-23(20-45(22-35)42-36)49-31-17-24(3-8-29(31)34)25-18-37-33(38-19-25)39-30-21-46(41-32(30)48-14-10-26-9-11-43(2)40-26)28-6-4-27(5-7-28)44-12-15-47-16-13-44/h3,8-9,11,17-19,21-23,27-28,35-36H,4-7,10,12-16,20H2,1-2H3,(H,37,38,39)/t23-,27-,28-/m0/s1. The number of aryl methyl sites for hydroxylation is 1. The summed E-state index contributed by atoms with van der Waals surface area (Å²) >= 11 is 6.42. The van der Waals surface area contributed by atoms with Crippen LogP contribution in [0.5, 0.6) is 11.6 Å². The van der Waals surface area contributed by atoms with Gasteiger partial charge in [-0.2, -0.15) is 10.6 Å². The van der Waals surface area contributed by atoms with Gasteiger partial charge < -0.3 is 19.5 Å². The molecule has 15 nitrogen and oxygen atoms in total. The van der Waals surface area contributed by atoms with Gasteiger partial charge in [-0.05, 0) is 56.4 Å². The quantitative estimate of drug-likeness (QED) is 0.0624. The van der Waals surface area contributed by atoms with Crippen LogP contribution in [0.1, 0.15) is 44.3 Å². The fraction of sp³-hybridized carbons (Fsp3) is 0.485. The number of benzene rings is 1. The molecule has 1 aliphatic heterocycles. The first-order valence-electron chi connectivity index (χ1n) is 16.6. The van der Waals surface area contributed by atoms with Gasteiger partial charge >= 0.3 is 0 Å². The Morgan fingerprint density at radius 2 is 1.86 bits per heavy atom. The van der Waals surface area contributed by atoms with Crippen LogP contribution in [0.3, 0.4) is 0 Å². The fourth-order valence-electron chi connectivity index (χ4n) is 6.31. The van der Waals surface area contributed by atoms with Gasteiger partial charge in [0.2, 0.25) is 5.95 Å². The number of hydrogen-bond donors (Lipinski definition) is 3. The van der Waals surface area contributed by atoms with Gasteiger partial charge in [0.15, 0.2) is 0 Å². The molecule has 0 radical (unpaired) electrons. The molecule has 2 fully saturated rings. The minimum absolute atomic E-state index is 0.234. The molecule has 0 unspecified atom stereocenters. The number of rotatable bonds is 15. The molecule has 0 spiro atoms. The van der Waals surface area contributed by atoms with Crippen molar-refractivity contribution >= 4 is 29.6 Å². The molecule has 1 aromatic carbocycles. The van der Waals surface area contributed by atoms with E-state index in [0.717, 1.165) is 75.1 Å². The third kappa shape index (κ3) is 8.90. The Balaban J connectivity index is 1.14. The number of ether oxygens (including phenoxy) is 3. The van der Waals surface area contributed by atoms with Crippen LogP contribution in [0.25, 0.3) is 11.1 Å². The van der Waals surface area contributed by atoms with Gasteiger partial charge in [0.1, 0.15) is 23.9 Å². The van der Waals surface area contributed by atoms with E-state index in [2.05, 4.69) is 30.5 Å². The van der Waals surface area contributed by atoms with E-state index < -0.39 is 0 Å². The molecule has 2 aliphatic rings. The number of hydrogen-bond acceptors (Lipinski definition) is 12. The summed E-state index contributed by atoms with van der Waals surface area (Å²) in [6, 6.07) is 8.33.